The molecule has 0 bridgehead atoms. The lowest BCUT2D eigenvalue weighted by Crippen LogP contribution is -2.38. The Kier molecular flexibility index (Phi) is 5.77. The number of hydrogen-bond acceptors (Lipinski definition) is 3. The molecule has 1 aliphatic carbocycles. The Hall–Kier alpha value is -0.610. The van der Waals surface area contributed by atoms with Gasteiger partial charge in [0.25, 0.3) is 0 Å². The molecule has 0 aromatic heterocycles. The molecule has 0 heterocycles. The summed E-state index contributed by atoms with van der Waals surface area (Å²) in [7, 11) is 0. The van der Waals surface area contributed by atoms with Gasteiger partial charge >= 0.3 is 0 Å². The molecule has 1 fully saturated rings. The monoisotopic (exact) mass is 228 g/mol. The van der Waals surface area contributed by atoms with Gasteiger partial charge in [0.1, 0.15) is 0 Å². The highest BCUT2D eigenvalue weighted by Crippen LogP contribution is 2.18. The third-order valence-electron chi connectivity index (χ3n) is 3.33. The van der Waals surface area contributed by atoms with E-state index in [0.29, 0.717) is 18.9 Å². The fourth-order valence-corrected chi connectivity index (χ4v) is 2.02. The molecule has 4 heteroatoms. The largest absolute Gasteiger partial charge is 0.393 e. The van der Waals surface area contributed by atoms with E-state index in [-0.39, 0.29) is 18.1 Å². The molecule has 1 atom stereocenters. The van der Waals surface area contributed by atoms with E-state index >= 15 is 0 Å². The van der Waals surface area contributed by atoms with Crippen molar-refractivity contribution < 1.29 is 9.90 Å². The van der Waals surface area contributed by atoms with Crippen molar-refractivity contribution in [1.29, 1.82) is 0 Å². The second-order valence-electron chi connectivity index (χ2n) is 4.95. The average molecular weight is 228 g/mol. The highest BCUT2D eigenvalue weighted by Gasteiger charge is 2.20. The lowest BCUT2D eigenvalue weighted by Gasteiger charge is -2.26. The Morgan fingerprint density at radius 2 is 2.06 bits per heavy atom. The van der Waals surface area contributed by atoms with E-state index in [0.717, 1.165) is 32.1 Å². The van der Waals surface area contributed by atoms with Gasteiger partial charge in [-0.2, -0.15) is 0 Å². The Bertz CT molecular complexity index is 213. The molecule has 1 aliphatic rings. The Balaban J connectivity index is 2.14. The number of aliphatic hydroxyl groups excluding tert-OH is 1. The van der Waals surface area contributed by atoms with Gasteiger partial charge in [-0.3, -0.25) is 4.79 Å². The van der Waals surface area contributed by atoms with Crippen molar-refractivity contribution in [3.05, 3.63) is 0 Å². The molecule has 0 aromatic rings. The molecule has 1 saturated carbocycles. The summed E-state index contributed by atoms with van der Waals surface area (Å²) in [6.45, 7) is 2.70. The smallest absolute Gasteiger partial charge is 0.220 e. The van der Waals surface area contributed by atoms with E-state index < -0.39 is 0 Å². The van der Waals surface area contributed by atoms with Crippen molar-refractivity contribution in [2.75, 3.05) is 6.54 Å². The molecule has 1 unspecified atom stereocenters. The van der Waals surface area contributed by atoms with Crippen LogP contribution in [0.1, 0.15) is 45.4 Å². The topological polar surface area (TPSA) is 75.4 Å². The maximum absolute atomic E-state index is 11.6. The van der Waals surface area contributed by atoms with Gasteiger partial charge in [0.05, 0.1) is 6.10 Å². The fourth-order valence-electron chi connectivity index (χ4n) is 2.02. The van der Waals surface area contributed by atoms with Crippen LogP contribution in [0.3, 0.4) is 0 Å². The lowest BCUT2D eigenvalue weighted by molar-refractivity contribution is -0.122. The predicted molar refractivity (Wildman–Crippen MR) is 63.9 cm³/mol. The molecule has 1 rings (SSSR count). The van der Waals surface area contributed by atoms with E-state index in [4.69, 9.17) is 5.73 Å². The molecule has 0 aliphatic heterocycles. The van der Waals surface area contributed by atoms with E-state index in [9.17, 15) is 9.90 Å². The third-order valence-corrected chi connectivity index (χ3v) is 3.33. The summed E-state index contributed by atoms with van der Waals surface area (Å²) < 4.78 is 0. The molecule has 0 radical (unpaired) electrons. The normalized spacial score (nSPS) is 27.4. The van der Waals surface area contributed by atoms with Crippen molar-refractivity contribution in [2.45, 2.75) is 57.6 Å². The van der Waals surface area contributed by atoms with Crippen LogP contribution >= 0.6 is 0 Å². The summed E-state index contributed by atoms with van der Waals surface area (Å²) in [5.41, 5.74) is 5.50. The molecule has 4 N–H and O–H groups in total. The van der Waals surface area contributed by atoms with Crippen LogP contribution in [0.25, 0.3) is 0 Å². The van der Waals surface area contributed by atoms with Crippen LogP contribution in [0, 0.1) is 5.92 Å². The first kappa shape index (κ1) is 13.5. The van der Waals surface area contributed by atoms with Crippen LogP contribution in [-0.4, -0.2) is 29.7 Å². The standard InChI is InChI=1S/C12H24N2O2/c1-9(8-13)2-7-12(16)14-10-3-5-11(15)6-4-10/h9-11,15H,2-8,13H2,1H3,(H,14,16). The molecule has 1 amide bonds. The molecule has 0 saturated heterocycles. The molecule has 16 heavy (non-hydrogen) atoms. The lowest BCUT2D eigenvalue weighted by atomic mass is 9.93. The minimum Gasteiger partial charge on any atom is -0.393 e. The van der Waals surface area contributed by atoms with E-state index in [2.05, 4.69) is 12.2 Å². The van der Waals surface area contributed by atoms with Crippen molar-refractivity contribution >= 4 is 5.91 Å². The van der Waals surface area contributed by atoms with Crippen molar-refractivity contribution in [1.82, 2.24) is 5.32 Å². The molecular weight excluding hydrogens is 204 g/mol. The van der Waals surface area contributed by atoms with Crippen LogP contribution in [0.4, 0.5) is 0 Å². The van der Waals surface area contributed by atoms with Gasteiger partial charge in [-0.25, -0.2) is 0 Å². The number of aliphatic hydroxyl groups is 1. The zero-order chi connectivity index (χ0) is 12.0. The second kappa shape index (κ2) is 6.86. The highest BCUT2D eigenvalue weighted by atomic mass is 16.3. The summed E-state index contributed by atoms with van der Waals surface area (Å²) in [5.74, 6) is 0.542. The van der Waals surface area contributed by atoms with Gasteiger partial charge in [-0.1, -0.05) is 6.92 Å². The van der Waals surface area contributed by atoms with Crippen LogP contribution in [-0.2, 0) is 4.79 Å². The van der Waals surface area contributed by atoms with E-state index in [1.165, 1.54) is 0 Å². The summed E-state index contributed by atoms with van der Waals surface area (Å²) in [6.07, 6.45) is 4.69. The second-order valence-corrected chi connectivity index (χ2v) is 4.95. The zero-order valence-corrected chi connectivity index (χ0v) is 10.1. The number of rotatable bonds is 5. The van der Waals surface area contributed by atoms with Gasteiger partial charge in [0.2, 0.25) is 5.91 Å². The number of carbonyl (C=O) groups is 1. The van der Waals surface area contributed by atoms with Crippen LogP contribution in [0.5, 0.6) is 0 Å². The van der Waals surface area contributed by atoms with E-state index in [1.54, 1.807) is 0 Å². The summed E-state index contributed by atoms with van der Waals surface area (Å²) in [5, 5.41) is 12.4. The molecule has 94 valence electrons. The molecule has 0 spiro atoms. The van der Waals surface area contributed by atoms with Crippen LogP contribution < -0.4 is 11.1 Å². The van der Waals surface area contributed by atoms with Crippen LogP contribution in [0.15, 0.2) is 0 Å². The number of amides is 1. The van der Waals surface area contributed by atoms with Crippen molar-refractivity contribution in [3.63, 3.8) is 0 Å². The van der Waals surface area contributed by atoms with Gasteiger partial charge in [0.15, 0.2) is 0 Å². The Morgan fingerprint density at radius 1 is 1.44 bits per heavy atom. The minimum absolute atomic E-state index is 0.127. The Morgan fingerprint density at radius 3 is 2.62 bits per heavy atom. The van der Waals surface area contributed by atoms with Gasteiger partial charge in [0, 0.05) is 12.5 Å². The number of nitrogens with two attached hydrogens (primary N) is 1. The minimum atomic E-state index is -0.162. The zero-order valence-electron chi connectivity index (χ0n) is 10.1. The summed E-state index contributed by atoms with van der Waals surface area (Å²) in [4.78, 5) is 11.6. The molecule has 4 nitrogen and oxygen atoms in total. The van der Waals surface area contributed by atoms with Gasteiger partial charge in [-0.05, 0) is 44.6 Å². The third kappa shape index (κ3) is 4.94. The van der Waals surface area contributed by atoms with Crippen molar-refractivity contribution in [2.24, 2.45) is 11.7 Å². The molecular formula is C12H24N2O2. The predicted octanol–water partition coefficient (Wildman–Crippen LogP) is 0.781. The number of carbonyl (C=O) groups excluding carboxylic acids is 1. The van der Waals surface area contributed by atoms with E-state index in [1.807, 2.05) is 0 Å². The van der Waals surface area contributed by atoms with Crippen LogP contribution in [0.2, 0.25) is 0 Å². The maximum Gasteiger partial charge on any atom is 0.220 e. The maximum atomic E-state index is 11.6. The summed E-state index contributed by atoms with van der Waals surface area (Å²) in [6, 6.07) is 0.268. The van der Waals surface area contributed by atoms with Crippen molar-refractivity contribution in [3.8, 4) is 0 Å². The quantitative estimate of drug-likeness (QED) is 0.651. The number of nitrogens with one attached hydrogen (secondary N) is 1. The first-order valence-corrected chi connectivity index (χ1v) is 6.29. The Labute approximate surface area is 97.6 Å². The molecule has 0 aromatic carbocycles. The SMILES string of the molecule is CC(CN)CCC(=O)NC1CCC(O)CC1. The fraction of sp³-hybridized carbons (Fsp3) is 0.917. The first-order valence-electron chi connectivity index (χ1n) is 6.29. The first-order chi connectivity index (χ1) is 7.61. The number of hydrogen-bond donors (Lipinski definition) is 3. The van der Waals surface area contributed by atoms with Gasteiger partial charge in [-0.15, -0.1) is 0 Å². The highest BCUT2D eigenvalue weighted by molar-refractivity contribution is 5.76. The van der Waals surface area contributed by atoms with Gasteiger partial charge < -0.3 is 16.2 Å². The average Bonchev–Trinajstić information content (AvgIpc) is 2.29. The summed E-state index contributed by atoms with van der Waals surface area (Å²) >= 11 is 0.